The summed E-state index contributed by atoms with van der Waals surface area (Å²) >= 11 is 0. The Hall–Kier alpha value is -1.06. The van der Waals surface area contributed by atoms with Gasteiger partial charge in [-0.1, -0.05) is 0 Å². The lowest BCUT2D eigenvalue weighted by Crippen LogP contribution is -2.33. The molecule has 0 aliphatic carbocycles. The summed E-state index contributed by atoms with van der Waals surface area (Å²) in [6.07, 6.45) is 0.359. The second-order valence-corrected chi connectivity index (χ2v) is 2.75. The van der Waals surface area contributed by atoms with Gasteiger partial charge in [0.05, 0.1) is 0 Å². The maximum Gasteiger partial charge on any atom is 0.306 e. The minimum atomic E-state index is -0.530. The standard InChI is InChI=1S/C7H11NO3/c1-8(2)7(10)5-3-4-6(9)11-5/h5H,3-4H2,1-2H3/t5-/m0/s1. The topological polar surface area (TPSA) is 46.6 Å². The van der Waals surface area contributed by atoms with Crippen LogP contribution in [0.2, 0.25) is 0 Å². The third-order valence-corrected chi connectivity index (χ3v) is 1.60. The molecular weight excluding hydrogens is 146 g/mol. The average molecular weight is 157 g/mol. The predicted molar refractivity (Wildman–Crippen MR) is 37.8 cm³/mol. The molecule has 0 aromatic rings. The van der Waals surface area contributed by atoms with Crippen molar-refractivity contribution in [1.82, 2.24) is 4.90 Å². The molecule has 4 nitrogen and oxygen atoms in total. The van der Waals surface area contributed by atoms with Gasteiger partial charge < -0.3 is 9.64 Å². The molecule has 11 heavy (non-hydrogen) atoms. The van der Waals surface area contributed by atoms with Gasteiger partial charge in [0.15, 0.2) is 6.10 Å². The molecule has 1 heterocycles. The van der Waals surface area contributed by atoms with Crippen LogP contribution in [0.15, 0.2) is 0 Å². The van der Waals surface area contributed by atoms with Crippen molar-refractivity contribution in [2.24, 2.45) is 0 Å². The lowest BCUT2D eigenvalue weighted by atomic mass is 10.2. The van der Waals surface area contributed by atoms with E-state index in [0.717, 1.165) is 0 Å². The fourth-order valence-electron chi connectivity index (χ4n) is 0.987. The van der Waals surface area contributed by atoms with E-state index in [0.29, 0.717) is 12.8 Å². The van der Waals surface area contributed by atoms with Crippen molar-refractivity contribution in [2.75, 3.05) is 14.1 Å². The number of esters is 1. The second-order valence-electron chi connectivity index (χ2n) is 2.75. The van der Waals surface area contributed by atoms with E-state index in [1.54, 1.807) is 14.1 Å². The minimum absolute atomic E-state index is 0.129. The molecule has 1 saturated heterocycles. The Morgan fingerprint density at radius 3 is 2.64 bits per heavy atom. The van der Waals surface area contributed by atoms with Gasteiger partial charge in [-0.15, -0.1) is 0 Å². The summed E-state index contributed by atoms with van der Waals surface area (Å²) in [4.78, 5) is 23.2. The molecule has 1 rings (SSSR count). The number of carbonyl (C=O) groups excluding carboxylic acids is 2. The van der Waals surface area contributed by atoms with E-state index in [4.69, 9.17) is 4.74 Å². The fraction of sp³-hybridized carbons (Fsp3) is 0.714. The number of carbonyl (C=O) groups is 2. The highest BCUT2D eigenvalue weighted by Gasteiger charge is 2.30. The Morgan fingerprint density at radius 1 is 1.64 bits per heavy atom. The number of hydrogen-bond acceptors (Lipinski definition) is 3. The zero-order chi connectivity index (χ0) is 8.43. The molecule has 1 aliphatic rings. The van der Waals surface area contributed by atoms with Gasteiger partial charge in [-0.25, -0.2) is 0 Å². The monoisotopic (exact) mass is 157 g/mol. The largest absolute Gasteiger partial charge is 0.452 e. The van der Waals surface area contributed by atoms with Gasteiger partial charge >= 0.3 is 5.97 Å². The first-order chi connectivity index (χ1) is 5.11. The van der Waals surface area contributed by atoms with Gasteiger partial charge in [-0.2, -0.15) is 0 Å². The van der Waals surface area contributed by atoms with Gasteiger partial charge in [-0.3, -0.25) is 9.59 Å². The van der Waals surface area contributed by atoms with Crippen LogP contribution in [0.5, 0.6) is 0 Å². The number of ether oxygens (including phenoxy) is 1. The Kier molecular flexibility index (Phi) is 2.12. The van der Waals surface area contributed by atoms with Crippen LogP contribution in [0.1, 0.15) is 12.8 Å². The van der Waals surface area contributed by atoms with Crippen LogP contribution in [0.4, 0.5) is 0 Å². The highest BCUT2D eigenvalue weighted by molar-refractivity contribution is 5.86. The van der Waals surface area contributed by atoms with Gasteiger partial charge in [0, 0.05) is 26.9 Å². The van der Waals surface area contributed by atoms with E-state index in [9.17, 15) is 9.59 Å². The molecule has 0 saturated carbocycles. The Morgan fingerprint density at radius 2 is 2.27 bits per heavy atom. The first kappa shape index (κ1) is 8.04. The average Bonchev–Trinajstić information content (AvgIpc) is 2.34. The molecule has 0 unspecified atom stereocenters. The molecule has 1 fully saturated rings. The van der Waals surface area contributed by atoms with Crippen molar-refractivity contribution < 1.29 is 14.3 Å². The molecule has 62 valence electrons. The molecule has 4 heteroatoms. The van der Waals surface area contributed by atoms with E-state index in [1.807, 2.05) is 0 Å². The number of hydrogen-bond donors (Lipinski definition) is 0. The van der Waals surface area contributed by atoms with Crippen LogP contribution in [-0.4, -0.2) is 37.0 Å². The SMILES string of the molecule is CN(C)C(=O)[C@@H]1CCC(=O)O1. The van der Waals surface area contributed by atoms with Crippen LogP contribution in [0.25, 0.3) is 0 Å². The van der Waals surface area contributed by atoms with Gasteiger partial charge in [0.25, 0.3) is 5.91 Å². The predicted octanol–water partition coefficient (Wildman–Crippen LogP) is -0.220. The maximum atomic E-state index is 11.1. The van der Waals surface area contributed by atoms with Crippen LogP contribution >= 0.6 is 0 Å². The lowest BCUT2D eigenvalue weighted by molar-refractivity contribution is -0.151. The quantitative estimate of drug-likeness (QED) is 0.494. The van der Waals surface area contributed by atoms with Crippen molar-refractivity contribution in [3.05, 3.63) is 0 Å². The minimum Gasteiger partial charge on any atom is -0.452 e. The molecule has 1 amide bonds. The number of amides is 1. The number of likely N-dealkylation sites (N-methyl/N-ethyl adjacent to an activating group) is 1. The molecule has 0 aromatic heterocycles. The molecule has 1 aliphatic heterocycles. The van der Waals surface area contributed by atoms with Crippen molar-refractivity contribution in [3.63, 3.8) is 0 Å². The third-order valence-electron chi connectivity index (χ3n) is 1.60. The molecule has 0 aromatic carbocycles. The van der Waals surface area contributed by atoms with Gasteiger partial charge in [0.1, 0.15) is 0 Å². The summed E-state index contributed by atoms with van der Waals surface area (Å²) in [6.45, 7) is 0. The molecule has 0 spiro atoms. The lowest BCUT2D eigenvalue weighted by Gasteiger charge is -2.14. The van der Waals surface area contributed by atoms with Gasteiger partial charge in [-0.05, 0) is 0 Å². The Labute approximate surface area is 65.1 Å². The molecule has 0 bridgehead atoms. The zero-order valence-corrected chi connectivity index (χ0v) is 6.66. The van der Waals surface area contributed by atoms with Crippen LogP contribution in [0.3, 0.4) is 0 Å². The summed E-state index contributed by atoms with van der Waals surface area (Å²) in [6, 6.07) is 0. The summed E-state index contributed by atoms with van der Waals surface area (Å²) in [5.74, 6) is -0.402. The second kappa shape index (κ2) is 2.90. The summed E-state index contributed by atoms with van der Waals surface area (Å²) in [5.41, 5.74) is 0. The van der Waals surface area contributed by atoms with E-state index in [-0.39, 0.29) is 11.9 Å². The van der Waals surface area contributed by atoms with Crippen molar-refractivity contribution >= 4 is 11.9 Å². The Balaban J connectivity index is 2.50. The van der Waals surface area contributed by atoms with Crippen molar-refractivity contribution in [3.8, 4) is 0 Å². The fourth-order valence-corrected chi connectivity index (χ4v) is 0.987. The van der Waals surface area contributed by atoms with Gasteiger partial charge in [0.2, 0.25) is 0 Å². The molecule has 1 atom stereocenters. The number of nitrogens with zero attached hydrogens (tertiary/aromatic N) is 1. The number of rotatable bonds is 1. The smallest absolute Gasteiger partial charge is 0.306 e. The van der Waals surface area contributed by atoms with Crippen molar-refractivity contribution in [2.45, 2.75) is 18.9 Å². The first-order valence-electron chi connectivity index (χ1n) is 3.52. The third kappa shape index (κ3) is 1.69. The highest BCUT2D eigenvalue weighted by atomic mass is 16.6. The van der Waals surface area contributed by atoms with E-state index in [2.05, 4.69) is 0 Å². The maximum absolute atomic E-state index is 11.1. The molecule has 0 radical (unpaired) electrons. The summed E-state index contributed by atoms with van der Waals surface area (Å²) in [7, 11) is 3.29. The Bertz CT molecular complexity index is 188. The summed E-state index contributed by atoms with van der Waals surface area (Å²) in [5, 5.41) is 0. The van der Waals surface area contributed by atoms with Crippen LogP contribution in [0, 0.1) is 0 Å². The number of cyclic esters (lactones) is 1. The van der Waals surface area contributed by atoms with Crippen LogP contribution < -0.4 is 0 Å². The molecular formula is C7H11NO3. The van der Waals surface area contributed by atoms with E-state index >= 15 is 0 Å². The molecule has 0 N–H and O–H groups in total. The highest BCUT2D eigenvalue weighted by Crippen LogP contribution is 2.14. The van der Waals surface area contributed by atoms with Crippen LogP contribution in [-0.2, 0) is 14.3 Å². The van der Waals surface area contributed by atoms with Crippen molar-refractivity contribution in [1.29, 1.82) is 0 Å². The van der Waals surface area contributed by atoms with E-state index in [1.165, 1.54) is 4.90 Å². The summed E-state index contributed by atoms with van der Waals surface area (Å²) < 4.78 is 4.75. The zero-order valence-electron chi connectivity index (χ0n) is 6.66. The first-order valence-corrected chi connectivity index (χ1v) is 3.52. The van der Waals surface area contributed by atoms with E-state index < -0.39 is 6.10 Å². The normalized spacial score (nSPS) is 23.1.